The Kier molecular flexibility index (Phi) is 6.71. The van der Waals surface area contributed by atoms with Crippen LogP contribution in [0.4, 0.5) is 5.69 Å². The maximum atomic E-state index is 11.3. The van der Waals surface area contributed by atoms with E-state index in [9.17, 15) is 10.2 Å². The van der Waals surface area contributed by atoms with Crippen LogP contribution in [0.15, 0.2) is 65.3 Å². The van der Waals surface area contributed by atoms with Gasteiger partial charge >= 0.3 is 0 Å². The standard InChI is InChI=1S/C23H20BrClN2O2S/c24-17-4-6-19-16(8-9-26(10-12-28)20(19)14-17)2-1-3-23-27(11-13-29)21-15-18(25)5-7-22(21)30-23/h1-9,14-15,28H,10-13H2. The molecule has 0 saturated carbocycles. The van der Waals surface area contributed by atoms with E-state index in [-0.39, 0.29) is 13.2 Å². The van der Waals surface area contributed by atoms with Gasteiger partial charge in [-0.05, 0) is 35.9 Å². The zero-order valence-electron chi connectivity index (χ0n) is 16.1. The van der Waals surface area contributed by atoms with Crippen LogP contribution in [-0.2, 0) is 6.54 Å². The van der Waals surface area contributed by atoms with Crippen molar-refractivity contribution < 1.29 is 14.8 Å². The second-order valence-corrected chi connectivity index (χ2v) is 9.20. The summed E-state index contributed by atoms with van der Waals surface area (Å²) >= 11 is 11.3. The third-order valence-electron chi connectivity index (χ3n) is 4.88. The van der Waals surface area contributed by atoms with Gasteiger partial charge in [0.15, 0.2) is 0 Å². The first-order valence-electron chi connectivity index (χ1n) is 9.54. The van der Waals surface area contributed by atoms with E-state index in [1.54, 1.807) is 11.3 Å². The summed E-state index contributed by atoms with van der Waals surface area (Å²) in [6.07, 6.45) is 10.2. The fraction of sp³-hybridized carbons (Fsp3) is 0.174. The number of nitrogens with zero attached hydrogens (tertiary/aromatic N) is 2. The van der Waals surface area contributed by atoms with Crippen molar-refractivity contribution in [3.63, 3.8) is 0 Å². The molecule has 0 atom stereocenters. The van der Waals surface area contributed by atoms with E-state index in [0.29, 0.717) is 18.1 Å². The van der Waals surface area contributed by atoms with Crippen molar-refractivity contribution in [2.75, 3.05) is 24.7 Å². The third-order valence-corrected chi connectivity index (χ3v) is 6.74. The predicted molar refractivity (Wildman–Crippen MR) is 127 cm³/mol. The molecule has 0 aliphatic carbocycles. The zero-order chi connectivity index (χ0) is 21.1. The third kappa shape index (κ3) is 4.38. The first-order chi connectivity index (χ1) is 14.6. The molecule has 7 heteroatoms. The van der Waals surface area contributed by atoms with E-state index in [2.05, 4.69) is 34.1 Å². The maximum absolute atomic E-state index is 11.3. The van der Waals surface area contributed by atoms with Crippen molar-refractivity contribution in [3.05, 3.63) is 80.9 Å². The van der Waals surface area contributed by atoms with Gasteiger partial charge in [-0.15, -0.1) is 0 Å². The Morgan fingerprint density at radius 3 is 2.90 bits per heavy atom. The molecule has 0 radical (unpaired) electrons. The summed E-state index contributed by atoms with van der Waals surface area (Å²) < 4.78 is 4.13. The van der Waals surface area contributed by atoms with Gasteiger partial charge in [-0.3, -0.25) is 0 Å². The van der Waals surface area contributed by atoms with Gasteiger partial charge in [0.25, 0.3) is 5.01 Å². The van der Waals surface area contributed by atoms with Gasteiger partial charge in [-0.2, -0.15) is 4.57 Å². The summed E-state index contributed by atoms with van der Waals surface area (Å²) in [5.41, 5.74) is 4.23. The largest absolute Gasteiger partial charge is 0.850 e. The van der Waals surface area contributed by atoms with Gasteiger partial charge in [-0.25, -0.2) is 0 Å². The van der Waals surface area contributed by atoms with Crippen LogP contribution in [0.25, 0.3) is 21.9 Å². The average molecular weight is 504 g/mol. The summed E-state index contributed by atoms with van der Waals surface area (Å²) in [7, 11) is 0. The minimum absolute atomic E-state index is 0.0882. The molecule has 30 heavy (non-hydrogen) atoms. The summed E-state index contributed by atoms with van der Waals surface area (Å²) in [5.74, 6) is 0. The van der Waals surface area contributed by atoms with E-state index in [0.717, 1.165) is 36.5 Å². The molecule has 0 spiro atoms. The van der Waals surface area contributed by atoms with E-state index in [1.165, 1.54) is 0 Å². The Balaban J connectivity index is 1.69. The van der Waals surface area contributed by atoms with E-state index >= 15 is 0 Å². The van der Waals surface area contributed by atoms with Crippen LogP contribution in [-0.4, -0.2) is 24.9 Å². The quantitative estimate of drug-likeness (QED) is 0.508. The van der Waals surface area contributed by atoms with Crippen LogP contribution >= 0.6 is 38.9 Å². The molecule has 0 bridgehead atoms. The first-order valence-corrected chi connectivity index (χ1v) is 11.5. The highest BCUT2D eigenvalue weighted by atomic mass is 79.9. The van der Waals surface area contributed by atoms with Crippen LogP contribution in [0.3, 0.4) is 0 Å². The summed E-state index contributed by atoms with van der Waals surface area (Å²) in [6.45, 7) is 0.855. The van der Waals surface area contributed by atoms with Crippen LogP contribution in [0, 0.1) is 0 Å². The van der Waals surface area contributed by atoms with Crippen molar-refractivity contribution in [3.8, 4) is 0 Å². The lowest BCUT2D eigenvalue weighted by atomic mass is 9.99. The second-order valence-electron chi connectivity index (χ2n) is 6.78. The number of rotatable bonds is 6. The number of hydrogen-bond acceptors (Lipinski definition) is 4. The molecule has 1 N–H and O–H groups in total. The number of aromatic nitrogens is 1. The monoisotopic (exact) mass is 502 g/mol. The minimum atomic E-state index is -0.184. The minimum Gasteiger partial charge on any atom is -0.850 e. The number of anilines is 1. The Hall–Kier alpha value is -1.96. The van der Waals surface area contributed by atoms with E-state index in [4.69, 9.17) is 11.6 Å². The zero-order valence-corrected chi connectivity index (χ0v) is 19.3. The maximum Gasteiger partial charge on any atom is 0.262 e. The van der Waals surface area contributed by atoms with Crippen LogP contribution in [0.5, 0.6) is 0 Å². The molecule has 0 saturated heterocycles. The highest BCUT2D eigenvalue weighted by Gasteiger charge is 2.18. The molecule has 1 aliphatic rings. The molecular weight excluding hydrogens is 484 g/mol. The van der Waals surface area contributed by atoms with Crippen LogP contribution in [0.1, 0.15) is 10.6 Å². The number of fused-ring (bicyclic) bond motifs is 2. The number of aliphatic hydroxyl groups is 1. The fourth-order valence-corrected chi connectivity index (χ4v) is 5.13. The molecule has 0 unspecified atom stereocenters. The predicted octanol–water partition coefficient (Wildman–Crippen LogP) is 4.39. The Morgan fingerprint density at radius 2 is 2.10 bits per heavy atom. The SMILES string of the molecule is [O-]CC[n+]1c(/C=C/C=C2\C=CN(CCO)c3cc(Br)ccc32)sc2ccc(Cl)cc21. The molecular formula is C23H20BrClN2O2S. The average Bonchev–Trinajstić information content (AvgIpc) is 3.06. The summed E-state index contributed by atoms with van der Waals surface area (Å²) in [6, 6.07) is 11.9. The lowest BCUT2D eigenvalue weighted by molar-refractivity contribution is -0.685. The Bertz CT molecular complexity index is 1170. The van der Waals surface area contributed by atoms with Gasteiger partial charge in [-0.1, -0.05) is 63.7 Å². The van der Waals surface area contributed by atoms with Gasteiger partial charge in [0.2, 0.25) is 5.52 Å². The molecule has 0 fully saturated rings. The van der Waals surface area contributed by atoms with Crippen molar-refractivity contribution in [1.29, 1.82) is 0 Å². The smallest absolute Gasteiger partial charge is 0.262 e. The van der Waals surface area contributed by atoms with Crippen molar-refractivity contribution in [2.24, 2.45) is 0 Å². The molecule has 3 aromatic rings. The molecule has 2 heterocycles. The van der Waals surface area contributed by atoms with Gasteiger partial charge < -0.3 is 15.1 Å². The van der Waals surface area contributed by atoms with E-state index in [1.807, 2.05) is 58.2 Å². The lowest BCUT2D eigenvalue weighted by Crippen LogP contribution is -2.39. The molecule has 1 aromatic heterocycles. The first kappa shape index (κ1) is 21.3. The second kappa shape index (κ2) is 9.45. The van der Waals surface area contributed by atoms with Gasteiger partial charge in [0, 0.05) is 45.6 Å². The number of β-amino-alcohol motifs (C(OH)–C–C–N with tert-alkyl or cyclic N) is 1. The van der Waals surface area contributed by atoms with Crippen molar-refractivity contribution >= 4 is 66.4 Å². The highest BCUT2D eigenvalue weighted by Crippen LogP contribution is 2.35. The lowest BCUT2D eigenvalue weighted by Gasteiger charge is -2.27. The number of hydrogen-bond donors (Lipinski definition) is 1. The van der Waals surface area contributed by atoms with Crippen molar-refractivity contribution in [2.45, 2.75) is 6.54 Å². The topological polar surface area (TPSA) is 50.4 Å². The molecule has 2 aromatic carbocycles. The molecule has 154 valence electrons. The number of benzene rings is 2. The Morgan fingerprint density at radius 1 is 1.23 bits per heavy atom. The number of aliphatic hydroxyl groups excluding tert-OH is 1. The van der Waals surface area contributed by atoms with Gasteiger partial charge in [0.05, 0.1) is 6.61 Å². The van der Waals surface area contributed by atoms with Crippen LogP contribution in [0.2, 0.25) is 5.02 Å². The molecule has 1 aliphatic heterocycles. The van der Waals surface area contributed by atoms with Gasteiger partial charge in [0.1, 0.15) is 11.2 Å². The highest BCUT2D eigenvalue weighted by molar-refractivity contribution is 9.10. The molecule has 4 nitrogen and oxygen atoms in total. The molecule has 4 rings (SSSR count). The number of halogens is 2. The number of thiazole rings is 1. The summed E-state index contributed by atoms with van der Waals surface area (Å²) in [4.78, 5) is 2.04. The Labute approximate surface area is 192 Å². The normalized spacial score (nSPS) is 14.9. The van der Waals surface area contributed by atoms with Crippen molar-refractivity contribution in [1.82, 2.24) is 0 Å². The van der Waals surface area contributed by atoms with E-state index < -0.39 is 0 Å². The van der Waals surface area contributed by atoms with Crippen LogP contribution < -0.4 is 14.6 Å². The molecule has 0 amide bonds. The number of allylic oxidation sites excluding steroid dienone is 4. The fourth-order valence-electron chi connectivity index (χ4n) is 3.53. The summed E-state index contributed by atoms with van der Waals surface area (Å²) in [5, 5.41) is 22.4.